The summed E-state index contributed by atoms with van der Waals surface area (Å²) in [6, 6.07) is 13.4. The first kappa shape index (κ1) is 18.5. The average Bonchev–Trinajstić information content (AvgIpc) is 2.72. The number of anilines is 1. The second-order valence-electron chi connectivity index (χ2n) is 6.21. The van der Waals surface area contributed by atoms with Gasteiger partial charge in [0.25, 0.3) is 0 Å². The third kappa shape index (κ3) is 4.64. The number of amides is 1. The molecular formula is C20H23N3O2S. The molecule has 3 rings (SSSR count). The van der Waals surface area contributed by atoms with Crippen LogP contribution in [0.5, 0.6) is 0 Å². The number of piperazine rings is 1. The molecule has 26 heavy (non-hydrogen) atoms. The SMILES string of the molecule is CSc1ccc(C(=O)CCC(=O)N2CCN(c3ccccn3)CC2)cc1. The molecule has 5 nitrogen and oxygen atoms in total. The molecule has 1 aliphatic rings. The lowest BCUT2D eigenvalue weighted by molar-refractivity contribution is -0.131. The Bertz CT molecular complexity index is 741. The normalized spacial score (nSPS) is 14.3. The second kappa shape index (κ2) is 8.85. The number of aromatic nitrogens is 1. The maximum absolute atomic E-state index is 12.4. The zero-order valence-corrected chi connectivity index (χ0v) is 15.7. The van der Waals surface area contributed by atoms with Gasteiger partial charge >= 0.3 is 0 Å². The summed E-state index contributed by atoms with van der Waals surface area (Å²) in [5.41, 5.74) is 0.676. The number of benzene rings is 1. The van der Waals surface area contributed by atoms with Crippen molar-refractivity contribution in [2.75, 3.05) is 37.3 Å². The molecule has 136 valence electrons. The van der Waals surface area contributed by atoms with E-state index in [0.717, 1.165) is 23.8 Å². The predicted molar refractivity (Wildman–Crippen MR) is 105 cm³/mol. The molecule has 1 aromatic carbocycles. The number of carbonyl (C=O) groups excluding carboxylic acids is 2. The molecule has 1 aliphatic heterocycles. The number of pyridine rings is 1. The van der Waals surface area contributed by atoms with Crippen molar-refractivity contribution in [3.63, 3.8) is 0 Å². The van der Waals surface area contributed by atoms with E-state index in [9.17, 15) is 9.59 Å². The molecule has 1 saturated heterocycles. The number of hydrogen-bond donors (Lipinski definition) is 0. The third-order valence-corrected chi connectivity index (χ3v) is 5.33. The number of thioether (sulfide) groups is 1. The van der Waals surface area contributed by atoms with Gasteiger partial charge in [0.2, 0.25) is 5.91 Å². The zero-order valence-electron chi connectivity index (χ0n) is 14.9. The average molecular weight is 369 g/mol. The van der Waals surface area contributed by atoms with Crippen LogP contribution in [0, 0.1) is 0 Å². The van der Waals surface area contributed by atoms with Crippen LogP contribution in [0.25, 0.3) is 0 Å². The number of carbonyl (C=O) groups is 2. The molecule has 0 aliphatic carbocycles. The predicted octanol–water partition coefficient (Wildman–Crippen LogP) is 3.12. The fourth-order valence-electron chi connectivity index (χ4n) is 3.03. The molecule has 2 aromatic rings. The van der Waals surface area contributed by atoms with Crippen LogP contribution in [0.2, 0.25) is 0 Å². The van der Waals surface area contributed by atoms with Gasteiger partial charge in [-0.25, -0.2) is 4.98 Å². The molecule has 0 spiro atoms. The zero-order chi connectivity index (χ0) is 18.4. The van der Waals surface area contributed by atoms with E-state index in [0.29, 0.717) is 18.7 Å². The minimum absolute atomic E-state index is 0.0260. The van der Waals surface area contributed by atoms with Crippen LogP contribution < -0.4 is 4.90 Å². The van der Waals surface area contributed by atoms with Crippen molar-refractivity contribution >= 4 is 29.3 Å². The van der Waals surface area contributed by atoms with Gasteiger partial charge in [-0.3, -0.25) is 9.59 Å². The monoisotopic (exact) mass is 369 g/mol. The molecule has 0 saturated carbocycles. The second-order valence-corrected chi connectivity index (χ2v) is 7.09. The van der Waals surface area contributed by atoms with Crippen LogP contribution in [0.1, 0.15) is 23.2 Å². The standard InChI is InChI=1S/C20H23N3O2S/c1-26-17-7-5-16(6-8-17)18(24)9-10-20(25)23-14-12-22(13-15-23)19-4-2-3-11-21-19/h2-8,11H,9-10,12-15H2,1H3. The molecule has 0 unspecified atom stereocenters. The summed E-state index contributed by atoms with van der Waals surface area (Å²) in [6.45, 7) is 2.89. The van der Waals surface area contributed by atoms with Crippen molar-refractivity contribution in [3.8, 4) is 0 Å². The largest absolute Gasteiger partial charge is 0.353 e. The van der Waals surface area contributed by atoms with Gasteiger partial charge in [-0.2, -0.15) is 0 Å². The summed E-state index contributed by atoms with van der Waals surface area (Å²) in [7, 11) is 0. The fraction of sp³-hybridized carbons (Fsp3) is 0.350. The van der Waals surface area contributed by atoms with E-state index >= 15 is 0 Å². The van der Waals surface area contributed by atoms with Crippen molar-refractivity contribution in [2.45, 2.75) is 17.7 Å². The van der Waals surface area contributed by atoms with Crippen LogP contribution >= 0.6 is 11.8 Å². The molecule has 1 amide bonds. The Balaban J connectivity index is 1.46. The minimum Gasteiger partial charge on any atom is -0.353 e. The van der Waals surface area contributed by atoms with Gasteiger partial charge in [-0.1, -0.05) is 18.2 Å². The van der Waals surface area contributed by atoms with Gasteiger partial charge in [-0.15, -0.1) is 11.8 Å². The first-order chi connectivity index (χ1) is 12.7. The molecular weight excluding hydrogens is 346 g/mol. The topological polar surface area (TPSA) is 53.5 Å². The summed E-state index contributed by atoms with van der Waals surface area (Å²) in [5.74, 6) is 1.03. The highest BCUT2D eigenvalue weighted by Gasteiger charge is 2.22. The van der Waals surface area contributed by atoms with E-state index in [1.807, 2.05) is 53.6 Å². The molecule has 1 aromatic heterocycles. The van der Waals surface area contributed by atoms with Crippen molar-refractivity contribution in [1.82, 2.24) is 9.88 Å². The highest BCUT2D eigenvalue weighted by atomic mass is 32.2. The number of rotatable bonds is 6. The van der Waals surface area contributed by atoms with Crippen molar-refractivity contribution in [2.24, 2.45) is 0 Å². The Hall–Kier alpha value is -2.34. The number of nitrogens with zero attached hydrogens (tertiary/aromatic N) is 3. The lowest BCUT2D eigenvalue weighted by Crippen LogP contribution is -2.49. The fourth-order valence-corrected chi connectivity index (χ4v) is 3.43. The van der Waals surface area contributed by atoms with E-state index in [2.05, 4.69) is 9.88 Å². The van der Waals surface area contributed by atoms with Crippen molar-refractivity contribution in [3.05, 3.63) is 54.2 Å². The van der Waals surface area contributed by atoms with Gasteiger partial charge in [0, 0.05) is 55.7 Å². The number of Topliss-reactive ketones (excluding diaryl/α,β-unsaturated/α-hetero) is 1. The Morgan fingerprint density at radius 2 is 1.73 bits per heavy atom. The highest BCUT2D eigenvalue weighted by Crippen LogP contribution is 2.17. The Morgan fingerprint density at radius 3 is 2.35 bits per heavy atom. The molecule has 2 heterocycles. The van der Waals surface area contributed by atoms with Gasteiger partial charge in [-0.05, 0) is 30.5 Å². The van der Waals surface area contributed by atoms with E-state index in [1.54, 1.807) is 18.0 Å². The summed E-state index contributed by atoms with van der Waals surface area (Å²) in [4.78, 5) is 34.2. The lowest BCUT2D eigenvalue weighted by Gasteiger charge is -2.35. The smallest absolute Gasteiger partial charge is 0.223 e. The highest BCUT2D eigenvalue weighted by molar-refractivity contribution is 7.98. The number of ketones is 1. The Kier molecular flexibility index (Phi) is 6.28. The Morgan fingerprint density at radius 1 is 1.00 bits per heavy atom. The quantitative estimate of drug-likeness (QED) is 0.578. The third-order valence-electron chi connectivity index (χ3n) is 4.58. The minimum atomic E-state index is 0.0260. The van der Waals surface area contributed by atoms with Crippen LogP contribution in [0.15, 0.2) is 53.6 Å². The Labute approximate surface area is 158 Å². The van der Waals surface area contributed by atoms with Gasteiger partial charge in [0.1, 0.15) is 5.82 Å². The van der Waals surface area contributed by atoms with Crippen LogP contribution in [0.4, 0.5) is 5.82 Å². The van der Waals surface area contributed by atoms with E-state index in [4.69, 9.17) is 0 Å². The summed E-state index contributed by atoms with van der Waals surface area (Å²) in [5, 5.41) is 0. The maximum Gasteiger partial charge on any atom is 0.223 e. The summed E-state index contributed by atoms with van der Waals surface area (Å²) in [6.07, 6.45) is 4.32. The van der Waals surface area contributed by atoms with Crippen molar-refractivity contribution < 1.29 is 9.59 Å². The maximum atomic E-state index is 12.4. The molecule has 1 fully saturated rings. The molecule has 0 N–H and O–H groups in total. The first-order valence-electron chi connectivity index (χ1n) is 8.78. The van der Waals surface area contributed by atoms with Gasteiger partial charge in [0.15, 0.2) is 5.78 Å². The summed E-state index contributed by atoms with van der Waals surface area (Å²) < 4.78 is 0. The van der Waals surface area contributed by atoms with Gasteiger partial charge in [0.05, 0.1) is 0 Å². The molecule has 0 radical (unpaired) electrons. The van der Waals surface area contributed by atoms with E-state index < -0.39 is 0 Å². The van der Waals surface area contributed by atoms with Crippen LogP contribution in [0.3, 0.4) is 0 Å². The number of hydrogen-bond acceptors (Lipinski definition) is 5. The van der Waals surface area contributed by atoms with Crippen molar-refractivity contribution in [1.29, 1.82) is 0 Å². The molecule has 0 atom stereocenters. The van der Waals surface area contributed by atoms with Crippen LogP contribution in [-0.4, -0.2) is 54.0 Å². The molecule has 0 bridgehead atoms. The van der Waals surface area contributed by atoms with Gasteiger partial charge < -0.3 is 9.80 Å². The van der Waals surface area contributed by atoms with E-state index in [-0.39, 0.29) is 24.5 Å². The van der Waals surface area contributed by atoms with Crippen LogP contribution in [-0.2, 0) is 4.79 Å². The first-order valence-corrected chi connectivity index (χ1v) is 10.0. The summed E-state index contributed by atoms with van der Waals surface area (Å²) >= 11 is 1.64. The molecule has 6 heteroatoms. The van der Waals surface area contributed by atoms with E-state index in [1.165, 1.54) is 0 Å². The lowest BCUT2D eigenvalue weighted by atomic mass is 10.1.